The molecule has 0 unspecified atom stereocenters. The second-order valence-corrected chi connectivity index (χ2v) is 3.77. The number of methoxy groups -OCH3 is 1. The van der Waals surface area contributed by atoms with Crippen LogP contribution < -0.4 is 0 Å². The first-order valence-corrected chi connectivity index (χ1v) is 5.39. The lowest BCUT2D eigenvalue weighted by Gasteiger charge is -1.98. The van der Waals surface area contributed by atoms with Crippen molar-refractivity contribution in [3.63, 3.8) is 0 Å². The Labute approximate surface area is 102 Å². The van der Waals surface area contributed by atoms with E-state index in [-0.39, 0.29) is 5.69 Å². The van der Waals surface area contributed by atoms with Crippen molar-refractivity contribution in [1.29, 1.82) is 0 Å². The average Bonchev–Trinajstić information content (AvgIpc) is 3.03. The van der Waals surface area contributed by atoms with E-state index in [0.717, 1.165) is 16.5 Å². The molecule has 0 spiro atoms. The van der Waals surface area contributed by atoms with Gasteiger partial charge in [-0.3, -0.25) is 0 Å². The van der Waals surface area contributed by atoms with Gasteiger partial charge in [0.15, 0.2) is 17.8 Å². The molecule has 2 aromatic heterocycles. The molecule has 3 rings (SSSR count). The van der Waals surface area contributed by atoms with E-state index in [1.54, 1.807) is 6.20 Å². The fourth-order valence-corrected chi connectivity index (χ4v) is 1.94. The van der Waals surface area contributed by atoms with Crippen LogP contribution in [0.3, 0.4) is 0 Å². The highest BCUT2D eigenvalue weighted by Gasteiger charge is 2.20. The van der Waals surface area contributed by atoms with Crippen LogP contribution in [0.15, 0.2) is 41.3 Å². The van der Waals surface area contributed by atoms with Crippen molar-refractivity contribution in [2.24, 2.45) is 0 Å². The Bertz CT molecular complexity index is 712. The van der Waals surface area contributed by atoms with Gasteiger partial charge < -0.3 is 14.1 Å². The summed E-state index contributed by atoms with van der Waals surface area (Å²) in [7, 11) is 1.32. The molecule has 0 saturated heterocycles. The summed E-state index contributed by atoms with van der Waals surface area (Å²) in [4.78, 5) is 18.6. The minimum atomic E-state index is -0.510. The molecule has 0 aliphatic carbocycles. The molecule has 1 N–H and O–H groups in total. The molecule has 1 aromatic carbocycles. The summed E-state index contributed by atoms with van der Waals surface area (Å²) >= 11 is 0. The first-order chi connectivity index (χ1) is 8.81. The summed E-state index contributed by atoms with van der Waals surface area (Å²) in [5, 5.41) is 0.972. The van der Waals surface area contributed by atoms with Gasteiger partial charge in [-0.1, -0.05) is 18.2 Å². The van der Waals surface area contributed by atoms with Crippen molar-refractivity contribution < 1.29 is 13.9 Å². The minimum Gasteiger partial charge on any atom is -0.464 e. The number of fused-ring (bicyclic) bond motifs is 1. The van der Waals surface area contributed by atoms with Crippen molar-refractivity contribution in [2.45, 2.75) is 0 Å². The lowest BCUT2D eigenvalue weighted by Crippen LogP contribution is -2.02. The van der Waals surface area contributed by atoms with E-state index in [0.29, 0.717) is 5.76 Å². The van der Waals surface area contributed by atoms with E-state index in [9.17, 15) is 4.79 Å². The second kappa shape index (κ2) is 4.03. The van der Waals surface area contributed by atoms with Crippen molar-refractivity contribution in [2.75, 3.05) is 7.11 Å². The van der Waals surface area contributed by atoms with E-state index in [1.165, 1.54) is 13.5 Å². The fraction of sp³-hybridized carbons (Fsp3) is 0.0769. The predicted octanol–water partition coefficient (Wildman–Crippen LogP) is 2.61. The molecule has 0 aliphatic rings. The zero-order valence-corrected chi connectivity index (χ0v) is 9.64. The van der Waals surface area contributed by atoms with Gasteiger partial charge in [0.25, 0.3) is 0 Å². The van der Waals surface area contributed by atoms with E-state index >= 15 is 0 Å². The Morgan fingerprint density at radius 2 is 2.22 bits per heavy atom. The van der Waals surface area contributed by atoms with E-state index < -0.39 is 5.97 Å². The van der Waals surface area contributed by atoms with Crippen LogP contribution in [0.25, 0.3) is 22.2 Å². The van der Waals surface area contributed by atoms with Crippen molar-refractivity contribution in [1.82, 2.24) is 9.97 Å². The van der Waals surface area contributed by atoms with Crippen molar-refractivity contribution in [3.8, 4) is 11.3 Å². The van der Waals surface area contributed by atoms with Crippen LogP contribution in [0.5, 0.6) is 0 Å². The molecule has 0 atom stereocenters. The van der Waals surface area contributed by atoms with Gasteiger partial charge in [0.1, 0.15) is 0 Å². The molecule has 0 amide bonds. The molecule has 18 heavy (non-hydrogen) atoms. The highest BCUT2D eigenvalue weighted by Crippen LogP contribution is 2.30. The number of carbonyl (C=O) groups excluding carboxylic acids is 1. The molecule has 0 radical (unpaired) electrons. The topological polar surface area (TPSA) is 68.1 Å². The molecule has 5 nitrogen and oxygen atoms in total. The zero-order chi connectivity index (χ0) is 12.5. The van der Waals surface area contributed by atoms with E-state index in [2.05, 4.69) is 14.7 Å². The number of benzene rings is 1. The van der Waals surface area contributed by atoms with Gasteiger partial charge in [-0.25, -0.2) is 9.78 Å². The number of carbonyl (C=O) groups is 1. The van der Waals surface area contributed by atoms with Crippen LogP contribution in [-0.4, -0.2) is 23.0 Å². The molecular weight excluding hydrogens is 232 g/mol. The number of nitrogens with zero attached hydrogens (tertiary/aromatic N) is 1. The van der Waals surface area contributed by atoms with Crippen LogP contribution in [0.1, 0.15) is 10.5 Å². The summed E-state index contributed by atoms with van der Waals surface area (Å²) in [6.07, 6.45) is 3.03. The van der Waals surface area contributed by atoms with Gasteiger partial charge in [-0.2, -0.15) is 0 Å². The molecule has 90 valence electrons. The third-order valence-electron chi connectivity index (χ3n) is 2.78. The lowest BCUT2D eigenvalue weighted by molar-refractivity contribution is 0.0595. The Morgan fingerprint density at radius 1 is 1.39 bits per heavy atom. The van der Waals surface area contributed by atoms with Gasteiger partial charge in [0.05, 0.1) is 7.11 Å². The maximum Gasteiger partial charge on any atom is 0.360 e. The van der Waals surface area contributed by atoms with Gasteiger partial charge in [-0.05, 0) is 6.07 Å². The molecule has 5 heteroatoms. The maximum absolute atomic E-state index is 11.6. The first-order valence-electron chi connectivity index (χ1n) is 5.39. The highest BCUT2D eigenvalue weighted by atomic mass is 16.5. The number of hydrogen-bond acceptors (Lipinski definition) is 4. The van der Waals surface area contributed by atoms with E-state index in [1.807, 2.05) is 24.3 Å². The molecule has 0 aliphatic heterocycles. The van der Waals surface area contributed by atoms with Crippen LogP contribution in [-0.2, 0) is 4.74 Å². The van der Waals surface area contributed by atoms with Gasteiger partial charge in [0.2, 0.25) is 0 Å². The van der Waals surface area contributed by atoms with Crippen LogP contribution in [0, 0.1) is 0 Å². The maximum atomic E-state index is 11.6. The quantitative estimate of drug-likeness (QED) is 0.701. The Balaban J connectivity index is 2.21. The monoisotopic (exact) mass is 242 g/mol. The fourth-order valence-electron chi connectivity index (χ4n) is 1.94. The summed E-state index contributed by atoms with van der Waals surface area (Å²) in [6.45, 7) is 0. The highest BCUT2D eigenvalue weighted by molar-refractivity contribution is 6.00. The van der Waals surface area contributed by atoms with Gasteiger partial charge >= 0.3 is 5.97 Å². The number of para-hydroxylation sites is 1. The zero-order valence-electron chi connectivity index (χ0n) is 9.64. The summed E-state index contributed by atoms with van der Waals surface area (Å²) in [5.41, 5.74) is 1.95. The molecule has 3 aromatic rings. The number of oxazole rings is 1. The number of rotatable bonds is 2. The Morgan fingerprint density at radius 3 is 3.06 bits per heavy atom. The van der Waals surface area contributed by atoms with Crippen LogP contribution >= 0.6 is 0 Å². The molecular formula is C13H10N2O3. The SMILES string of the molecule is COC(=O)c1ncoc1-c1c[nH]c2ccccc12. The third-order valence-corrected chi connectivity index (χ3v) is 2.78. The first kappa shape index (κ1) is 10.6. The minimum absolute atomic E-state index is 0.183. The third kappa shape index (κ3) is 1.48. The number of aromatic nitrogens is 2. The van der Waals surface area contributed by atoms with Crippen molar-refractivity contribution >= 4 is 16.9 Å². The molecule has 0 fully saturated rings. The number of hydrogen-bond donors (Lipinski definition) is 1. The van der Waals surface area contributed by atoms with E-state index in [4.69, 9.17) is 4.42 Å². The Hall–Kier alpha value is -2.56. The number of aromatic amines is 1. The smallest absolute Gasteiger partial charge is 0.360 e. The number of esters is 1. The van der Waals surface area contributed by atoms with Crippen LogP contribution in [0.2, 0.25) is 0 Å². The van der Waals surface area contributed by atoms with Gasteiger partial charge in [-0.15, -0.1) is 0 Å². The molecule has 0 saturated carbocycles. The van der Waals surface area contributed by atoms with Crippen LogP contribution in [0.4, 0.5) is 0 Å². The summed E-state index contributed by atoms with van der Waals surface area (Å²) in [6, 6.07) is 7.76. The van der Waals surface area contributed by atoms with Gasteiger partial charge in [0, 0.05) is 22.7 Å². The summed E-state index contributed by atoms with van der Waals surface area (Å²) < 4.78 is 9.98. The predicted molar refractivity (Wildman–Crippen MR) is 65.1 cm³/mol. The number of nitrogens with one attached hydrogen (secondary N) is 1. The lowest BCUT2D eigenvalue weighted by atomic mass is 10.1. The summed E-state index contributed by atoms with van der Waals surface area (Å²) in [5.74, 6) is -0.0941. The Kier molecular flexibility index (Phi) is 2.37. The number of H-pyrrole nitrogens is 1. The largest absolute Gasteiger partial charge is 0.464 e. The standard InChI is InChI=1S/C13H10N2O3/c1-17-13(16)11-12(18-7-15-11)9-6-14-10-5-3-2-4-8(9)10/h2-7,14H,1H3. The normalized spacial score (nSPS) is 10.7. The average molecular weight is 242 g/mol. The molecule has 0 bridgehead atoms. The second-order valence-electron chi connectivity index (χ2n) is 3.77. The van der Waals surface area contributed by atoms with Crippen molar-refractivity contribution in [3.05, 3.63) is 42.5 Å². The number of ether oxygens (including phenoxy) is 1. The molecule has 2 heterocycles.